The molecule has 0 fully saturated rings. The van der Waals surface area contributed by atoms with E-state index < -0.39 is 0 Å². The van der Waals surface area contributed by atoms with Crippen LogP contribution in [0.25, 0.3) is 0 Å². The van der Waals surface area contributed by atoms with Gasteiger partial charge in [-0.15, -0.1) is 16.4 Å². The number of rotatable bonds is 4. The molecule has 3 rings (SSSR count). The molecular formula is C12H14N4O2S. The second kappa shape index (κ2) is 5.50. The summed E-state index contributed by atoms with van der Waals surface area (Å²) in [5, 5.41) is 12.7. The van der Waals surface area contributed by atoms with E-state index in [9.17, 15) is 4.79 Å². The van der Waals surface area contributed by atoms with E-state index in [1.54, 1.807) is 17.5 Å². The molecule has 0 saturated carbocycles. The third-order valence-corrected chi connectivity index (χ3v) is 3.86. The summed E-state index contributed by atoms with van der Waals surface area (Å²) in [6.45, 7) is 1.64. The van der Waals surface area contributed by atoms with Gasteiger partial charge in [-0.25, -0.2) is 4.68 Å². The summed E-state index contributed by atoms with van der Waals surface area (Å²) in [5.74, 6) is 0.0236. The van der Waals surface area contributed by atoms with Gasteiger partial charge >= 0.3 is 0 Å². The number of aromatic nitrogens is 3. The van der Waals surface area contributed by atoms with Gasteiger partial charge in [0.05, 0.1) is 37.6 Å². The zero-order valence-corrected chi connectivity index (χ0v) is 11.1. The molecule has 0 bridgehead atoms. The molecule has 1 amide bonds. The molecule has 1 atom stereocenters. The van der Waals surface area contributed by atoms with E-state index >= 15 is 0 Å². The van der Waals surface area contributed by atoms with Gasteiger partial charge in [-0.3, -0.25) is 4.79 Å². The first kappa shape index (κ1) is 12.3. The van der Waals surface area contributed by atoms with Crippen molar-refractivity contribution in [3.63, 3.8) is 0 Å². The molecule has 6 nitrogen and oxygen atoms in total. The largest absolute Gasteiger partial charge is 0.368 e. The Balaban J connectivity index is 1.47. The predicted molar refractivity (Wildman–Crippen MR) is 69.6 cm³/mol. The molecule has 0 saturated heterocycles. The Kier molecular flexibility index (Phi) is 3.56. The van der Waals surface area contributed by atoms with E-state index in [0.717, 1.165) is 10.6 Å². The van der Waals surface area contributed by atoms with Crippen LogP contribution >= 0.6 is 11.3 Å². The number of carbonyl (C=O) groups is 1. The van der Waals surface area contributed by atoms with Crippen LogP contribution in [0.4, 0.5) is 0 Å². The monoisotopic (exact) mass is 278 g/mol. The summed E-state index contributed by atoms with van der Waals surface area (Å²) in [5.41, 5.74) is 0.973. The second-order valence-corrected chi connectivity index (χ2v) is 5.43. The lowest BCUT2D eigenvalue weighted by molar-refractivity contribution is -0.121. The molecule has 0 unspecified atom stereocenters. The third kappa shape index (κ3) is 2.99. The van der Waals surface area contributed by atoms with Gasteiger partial charge in [-0.05, 0) is 11.4 Å². The first-order valence-electron chi connectivity index (χ1n) is 6.09. The van der Waals surface area contributed by atoms with Crippen molar-refractivity contribution in [2.24, 2.45) is 0 Å². The van der Waals surface area contributed by atoms with Gasteiger partial charge in [-0.1, -0.05) is 11.3 Å². The highest BCUT2D eigenvalue weighted by molar-refractivity contribution is 7.10. The van der Waals surface area contributed by atoms with Gasteiger partial charge in [-0.2, -0.15) is 0 Å². The van der Waals surface area contributed by atoms with E-state index in [1.807, 2.05) is 22.2 Å². The first-order chi connectivity index (χ1) is 9.31. The van der Waals surface area contributed by atoms with Gasteiger partial charge < -0.3 is 10.1 Å². The summed E-state index contributed by atoms with van der Waals surface area (Å²) >= 11 is 1.59. The Morgan fingerprint density at radius 2 is 2.58 bits per heavy atom. The van der Waals surface area contributed by atoms with Gasteiger partial charge in [0.15, 0.2) is 0 Å². The third-order valence-electron chi connectivity index (χ3n) is 2.98. The van der Waals surface area contributed by atoms with Crippen LogP contribution < -0.4 is 5.32 Å². The molecule has 100 valence electrons. The summed E-state index contributed by atoms with van der Waals surface area (Å²) in [4.78, 5) is 12.8. The summed E-state index contributed by atoms with van der Waals surface area (Å²) in [7, 11) is 0. The molecule has 7 heteroatoms. The van der Waals surface area contributed by atoms with Crippen molar-refractivity contribution in [2.45, 2.75) is 25.7 Å². The zero-order valence-electron chi connectivity index (χ0n) is 10.3. The minimum absolute atomic E-state index is 0.0236. The second-order valence-electron chi connectivity index (χ2n) is 4.40. The van der Waals surface area contributed by atoms with Crippen molar-refractivity contribution in [3.05, 3.63) is 34.3 Å². The highest BCUT2D eigenvalue weighted by atomic mass is 32.1. The Labute approximate surface area is 114 Å². The van der Waals surface area contributed by atoms with Crippen molar-refractivity contribution in [2.75, 3.05) is 6.54 Å². The topological polar surface area (TPSA) is 69.0 Å². The summed E-state index contributed by atoms with van der Waals surface area (Å²) < 4.78 is 7.45. The molecular weight excluding hydrogens is 264 g/mol. The van der Waals surface area contributed by atoms with Crippen molar-refractivity contribution < 1.29 is 9.53 Å². The average molecular weight is 278 g/mol. The Morgan fingerprint density at radius 3 is 3.42 bits per heavy atom. The number of thiophene rings is 1. The molecule has 2 aromatic heterocycles. The van der Waals surface area contributed by atoms with Crippen LogP contribution in [0.15, 0.2) is 23.7 Å². The maximum Gasteiger partial charge on any atom is 0.225 e. The molecule has 0 aliphatic carbocycles. The molecule has 0 spiro atoms. The van der Waals surface area contributed by atoms with Crippen LogP contribution in [0.5, 0.6) is 0 Å². The molecule has 1 aliphatic rings. The average Bonchev–Trinajstić information content (AvgIpc) is 3.06. The van der Waals surface area contributed by atoms with Crippen LogP contribution in [-0.2, 0) is 29.1 Å². The van der Waals surface area contributed by atoms with E-state index in [1.165, 1.54) is 0 Å². The van der Waals surface area contributed by atoms with Crippen LogP contribution in [0.1, 0.15) is 10.6 Å². The van der Waals surface area contributed by atoms with Crippen LogP contribution in [0.3, 0.4) is 0 Å². The molecule has 1 N–H and O–H groups in total. The highest BCUT2D eigenvalue weighted by Crippen LogP contribution is 2.11. The maximum absolute atomic E-state index is 11.8. The van der Waals surface area contributed by atoms with Crippen LogP contribution in [-0.4, -0.2) is 33.5 Å². The van der Waals surface area contributed by atoms with Gasteiger partial charge in [0.2, 0.25) is 5.91 Å². The van der Waals surface area contributed by atoms with Gasteiger partial charge in [0, 0.05) is 11.4 Å². The highest BCUT2D eigenvalue weighted by Gasteiger charge is 2.20. The fourth-order valence-electron chi connectivity index (χ4n) is 1.98. The Hall–Kier alpha value is -1.73. The minimum Gasteiger partial charge on any atom is -0.368 e. The van der Waals surface area contributed by atoms with Crippen molar-refractivity contribution >= 4 is 17.2 Å². The first-order valence-corrected chi connectivity index (χ1v) is 6.97. The predicted octanol–water partition coefficient (Wildman–Crippen LogP) is 0.597. The number of fused-ring (bicyclic) bond motifs is 1. The SMILES string of the molecule is O=C(Cc1cccs1)NC[C@@H]1Cn2nncc2CO1. The quantitative estimate of drug-likeness (QED) is 0.889. The van der Waals surface area contributed by atoms with Crippen LogP contribution in [0, 0.1) is 0 Å². The number of carbonyl (C=O) groups excluding carboxylic acids is 1. The molecule has 0 aromatic carbocycles. The zero-order chi connectivity index (χ0) is 13.1. The molecule has 2 aromatic rings. The Morgan fingerprint density at radius 1 is 1.63 bits per heavy atom. The fourth-order valence-corrected chi connectivity index (χ4v) is 2.68. The standard InChI is InChI=1S/C12H14N4O2S/c17-12(4-11-2-1-3-19-11)13-6-10-7-16-9(8-18-10)5-14-15-16/h1-3,5,10H,4,6-8H2,(H,13,17)/t10-/m1/s1. The van der Waals surface area contributed by atoms with Crippen LogP contribution in [0.2, 0.25) is 0 Å². The summed E-state index contributed by atoms with van der Waals surface area (Å²) in [6.07, 6.45) is 2.09. The smallest absolute Gasteiger partial charge is 0.225 e. The number of amides is 1. The normalized spacial score (nSPS) is 18.0. The van der Waals surface area contributed by atoms with Gasteiger partial charge in [0.1, 0.15) is 0 Å². The number of ether oxygens (including phenoxy) is 1. The molecule has 3 heterocycles. The van der Waals surface area contributed by atoms with E-state index in [2.05, 4.69) is 15.6 Å². The van der Waals surface area contributed by atoms with Crippen molar-refractivity contribution in [1.82, 2.24) is 20.3 Å². The lowest BCUT2D eigenvalue weighted by Crippen LogP contribution is -2.39. The van der Waals surface area contributed by atoms with E-state index in [4.69, 9.17) is 4.74 Å². The number of nitrogens with zero attached hydrogens (tertiary/aromatic N) is 3. The molecule has 19 heavy (non-hydrogen) atoms. The number of hydrogen-bond donors (Lipinski definition) is 1. The molecule has 0 radical (unpaired) electrons. The van der Waals surface area contributed by atoms with Gasteiger partial charge in [0.25, 0.3) is 0 Å². The van der Waals surface area contributed by atoms with Crippen molar-refractivity contribution in [1.29, 1.82) is 0 Å². The minimum atomic E-state index is -0.0403. The lowest BCUT2D eigenvalue weighted by Gasteiger charge is -2.23. The van der Waals surface area contributed by atoms with Crippen molar-refractivity contribution in [3.8, 4) is 0 Å². The maximum atomic E-state index is 11.8. The van der Waals surface area contributed by atoms with E-state index in [-0.39, 0.29) is 12.0 Å². The summed E-state index contributed by atoms with van der Waals surface area (Å²) in [6, 6.07) is 3.91. The Bertz CT molecular complexity index is 552. The number of nitrogens with one attached hydrogen (secondary N) is 1. The lowest BCUT2D eigenvalue weighted by atomic mass is 10.2. The molecule has 1 aliphatic heterocycles. The van der Waals surface area contributed by atoms with E-state index in [0.29, 0.717) is 26.1 Å². The number of hydrogen-bond acceptors (Lipinski definition) is 5. The fraction of sp³-hybridized carbons (Fsp3) is 0.417.